The Kier molecular flexibility index (Phi) is 4.72. The third-order valence-electron chi connectivity index (χ3n) is 3.55. The third kappa shape index (κ3) is 3.65. The quantitative estimate of drug-likeness (QED) is 0.573. The first-order valence-electron chi connectivity index (χ1n) is 7.66. The first-order valence-corrected chi connectivity index (χ1v) is 7.66. The predicted octanol–water partition coefficient (Wildman–Crippen LogP) is 3.55. The number of nitrogens with one attached hydrogen (secondary N) is 1. The Hall–Kier alpha value is -3.65. The molecule has 3 aromatic rings. The number of aromatic nitrogens is 2. The molecule has 1 N–H and O–H groups in total. The normalized spacial score (nSPS) is 11.1. The van der Waals surface area contributed by atoms with E-state index in [4.69, 9.17) is 4.74 Å². The zero-order valence-corrected chi connectivity index (χ0v) is 13.4. The van der Waals surface area contributed by atoms with Crippen molar-refractivity contribution in [1.82, 2.24) is 9.97 Å². The number of H-pyrrole nitrogens is 1. The van der Waals surface area contributed by atoms with E-state index in [1.54, 1.807) is 48.6 Å². The molecule has 0 fully saturated rings. The molecule has 1 aromatic heterocycles. The summed E-state index contributed by atoms with van der Waals surface area (Å²) in [7, 11) is 0. The van der Waals surface area contributed by atoms with Crippen molar-refractivity contribution >= 4 is 22.6 Å². The number of ether oxygens (including phenoxy) is 1. The highest BCUT2D eigenvalue weighted by atomic mass is 16.5. The zero-order valence-electron chi connectivity index (χ0n) is 13.4. The highest BCUT2D eigenvalue weighted by Gasteiger charge is 2.08. The lowest BCUT2D eigenvalue weighted by molar-refractivity contribution is 0.363. The molecule has 5 heteroatoms. The van der Waals surface area contributed by atoms with Crippen LogP contribution in [0.3, 0.4) is 0 Å². The van der Waals surface area contributed by atoms with Crippen molar-refractivity contribution in [3.8, 4) is 11.8 Å². The zero-order chi connectivity index (χ0) is 17.6. The van der Waals surface area contributed by atoms with Crippen LogP contribution in [0.2, 0.25) is 0 Å². The van der Waals surface area contributed by atoms with Crippen molar-refractivity contribution in [3.05, 3.63) is 82.9 Å². The van der Waals surface area contributed by atoms with Crippen LogP contribution in [0.1, 0.15) is 11.4 Å². The van der Waals surface area contributed by atoms with Gasteiger partial charge in [0.1, 0.15) is 18.4 Å². The van der Waals surface area contributed by atoms with Crippen LogP contribution in [0.25, 0.3) is 22.6 Å². The van der Waals surface area contributed by atoms with Crippen LogP contribution < -0.4 is 10.3 Å². The van der Waals surface area contributed by atoms with Gasteiger partial charge in [0.25, 0.3) is 5.56 Å². The van der Waals surface area contributed by atoms with Gasteiger partial charge in [-0.1, -0.05) is 36.9 Å². The highest BCUT2D eigenvalue weighted by molar-refractivity contribution is 5.89. The second-order valence-corrected chi connectivity index (χ2v) is 5.27. The molecule has 0 aliphatic carbocycles. The molecule has 0 aliphatic rings. The molecular formula is C20H15N3O2. The fourth-order valence-corrected chi connectivity index (χ4v) is 2.35. The monoisotopic (exact) mass is 329 g/mol. The molecule has 122 valence electrons. The first kappa shape index (κ1) is 16.2. The topological polar surface area (TPSA) is 78.8 Å². The number of nitrogens with zero attached hydrogens (tertiary/aromatic N) is 2. The number of hydrogen-bond donors (Lipinski definition) is 1. The summed E-state index contributed by atoms with van der Waals surface area (Å²) in [5.41, 5.74) is 1.37. The maximum Gasteiger partial charge on any atom is 0.259 e. The molecule has 0 saturated carbocycles. The average Bonchev–Trinajstić information content (AvgIpc) is 2.65. The molecular weight excluding hydrogens is 314 g/mol. The molecule has 0 radical (unpaired) electrons. The summed E-state index contributed by atoms with van der Waals surface area (Å²) in [6.45, 7) is 4.03. The van der Waals surface area contributed by atoms with Gasteiger partial charge in [0.2, 0.25) is 0 Å². The Labute approximate surface area is 144 Å². The molecule has 5 nitrogen and oxygen atoms in total. The number of hydrogen-bond acceptors (Lipinski definition) is 4. The van der Waals surface area contributed by atoms with E-state index in [2.05, 4.69) is 22.6 Å². The van der Waals surface area contributed by atoms with Crippen molar-refractivity contribution in [2.75, 3.05) is 6.61 Å². The van der Waals surface area contributed by atoms with Gasteiger partial charge in [-0.15, -0.1) is 0 Å². The fraction of sp³-hybridized carbons (Fsp3) is 0.0500. The number of nitriles is 1. The Morgan fingerprint density at radius 1 is 1.24 bits per heavy atom. The number of fused-ring (bicyclic) bond motifs is 1. The molecule has 25 heavy (non-hydrogen) atoms. The Balaban J connectivity index is 1.97. The molecule has 0 amide bonds. The van der Waals surface area contributed by atoms with Crippen molar-refractivity contribution in [3.63, 3.8) is 0 Å². The Morgan fingerprint density at radius 3 is 2.72 bits per heavy atom. The predicted molar refractivity (Wildman–Crippen MR) is 98.0 cm³/mol. The number of allylic oxidation sites excluding steroid dienone is 1. The van der Waals surface area contributed by atoms with Gasteiger partial charge < -0.3 is 9.72 Å². The van der Waals surface area contributed by atoms with E-state index >= 15 is 0 Å². The third-order valence-corrected chi connectivity index (χ3v) is 3.55. The Bertz CT molecular complexity index is 1040. The lowest BCUT2D eigenvalue weighted by Gasteiger charge is -2.04. The van der Waals surface area contributed by atoms with Gasteiger partial charge in [-0.25, -0.2) is 4.98 Å². The number of para-hydroxylation sites is 1. The van der Waals surface area contributed by atoms with Crippen LogP contribution >= 0.6 is 0 Å². The van der Waals surface area contributed by atoms with Crippen LogP contribution in [0.15, 0.2) is 66.0 Å². The number of aromatic amines is 1. The van der Waals surface area contributed by atoms with Gasteiger partial charge >= 0.3 is 0 Å². The van der Waals surface area contributed by atoms with E-state index in [0.717, 1.165) is 5.56 Å². The summed E-state index contributed by atoms with van der Waals surface area (Å²) in [5.74, 6) is 0.964. The van der Waals surface area contributed by atoms with E-state index in [0.29, 0.717) is 23.3 Å². The maximum atomic E-state index is 12.2. The molecule has 0 unspecified atom stereocenters. The van der Waals surface area contributed by atoms with E-state index in [1.165, 1.54) is 0 Å². The summed E-state index contributed by atoms with van der Waals surface area (Å²) in [6.07, 6.45) is 3.34. The van der Waals surface area contributed by atoms with Crippen LogP contribution in [0.5, 0.6) is 5.75 Å². The molecule has 0 atom stereocenters. The molecule has 3 rings (SSSR count). The lowest BCUT2D eigenvalue weighted by Crippen LogP contribution is -2.11. The van der Waals surface area contributed by atoms with Crippen LogP contribution in [-0.2, 0) is 0 Å². The van der Waals surface area contributed by atoms with E-state index < -0.39 is 0 Å². The molecule has 2 aromatic carbocycles. The minimum atomic E-state index is -0.269. The molecule has 0 aliphatic heterocycles. The minimum Gasteiger partial charge on any atom is -0.490 e. The fourth-order valence-electron chi connectivity index (χ4n) is 2.35. The average molecular weight is 329 g/mol. The highest BCUT2D eigenvalue weighted by Crippen LogP contribution is 2.18. The van der Waals surface area contributed by atoms with Crippen molar-refractivity contribution < 1.29 is 4.74 Å². The second kappa shape index (κ2) is 7.28. The summed E-state index contributed by atoms with van der Waals surface area (Å²) >= 11 is 0. The van der Waals surface area contributed by atoms with Crippen molar-refractivity contribution in [2.24, 2.45) is 0 Å². The van der Waals surface area contributed by atoms with Gasteiger partial charge in [-0.05, 0) is 35.9 Å². The van der Waals surface area contributed by atoms with E-state index in [1.807, 2.05) is 12.1 Å². The van der Waals surface area contributed by atoms with Crippen LogP contribution in [-0.4, -0.2) is 16.6 Å². The molecule has 0 bridgehead atoms. The van der Waals surface area contributed by atoms with E-state index in [9.17, 15) is 10.1 Å². The summed E-state index contributed by atoms with van der Waals surface area (Å²) < 4.78 is 5.43. The second-order valence-electron chi connectivity index (χ2n) is 5.27. The van der Waals surface area contributed by atoms with Crippen LogP contribution in [0.4, 0.5) is 0 Å². The van der Waals surface area contributed by atoms with Crippen LogP contribution in [0, 0.1) is 11.3 Å². The van der Waals surface area contributed by atoms with Gasteiger partial charge in [0.15, 0.2) is 5.82 Å². The van der Waals surface area contributed by atoms with Gasteiger partial charge in [-0.2, -0.15) is 5.26 Å². The molecule has 0 saturated heterocycles. The maximum absolute atomic E-state index is 12.2. The number of rotatable bonds is 5. The van der Waals surface area contributed by atoms with Gasteiger partial charge in [-0.3, -0.25) is 4.79 Å². The van der Waals surface area contributed by atoms with Gasteiger partial charge in [0, 0.05) is 0 Å². The first-order chi connectivity index (χ1) is 12.2. The largest absolute Gasteiger partial charge is 0.490 e. The summed E-state index contributed by atoms with van der Waals surface area (Å²) in [4.78, 5) is 19.2. The Morgan fingerprint density at radius 2 is 2.00 bits per heavy atom. The standard InChI is InChI=1S/C20H15N3O2/c1-2-11-25-16-9-7-14(8-10-16)12-15(13-21)19-22-18-6-4-3-5-17(18)20(24)23-19/h2-10,12H,1,11H2,(H,22,23,24)/b15-12+. The molecule has 1 heterocycles. The number of benzene rings is 2. The van der Waals surface area contributed by atoms with Crippen molar-refractivity contribution in [2.45, 2.75) is 0 Å². The summed E-state index contributed by atoms with van der Waals surface area (Å²) in [5, 5.41) is 9.95. The lowest BCUT2D eigenvalue weighted by atomic mass is 10.1. The summed E-state index contributed by atoms with van der Waals surface area (Å²) in [6, 6.07) is 16.4. The van der Waals surface area contributed by atoms with E-state index in [-0.39, 0.29) is 17.0 Å². The van der Waals surface area contributed by atoms with Gasteiger partial charge in [0.05, 0.1) is 16.5 Å². The smallest absolute Gasteiger partial charge is 0.259 e. The minimum absolute atomic E-state index is 0.248. The van der Waals surface area contributed by atoms with Crippen molar-refractivity contribution in [1.29, 1.82) is 5.26 Å². The SMILES string of the molecule is C=CCOc1ccc(/C=C(\C#N)c2nc3ccccc3c(=O)[nH]2)cc1. The molecule has 0 spiro atoms.